The molecule has 2 aromatic heterocycles. The number of hydrogen-bond donors (Lipinski definition) is 0. The van der Waals surface area contributed by atoms with Gasteiger partial charge in [-0.25, -0.2) is 13.9 Å². The Morgan fingerprint density at radius 1 is 0.885 bits per heavy atom. The molecule has 0 saturated carbocycles. The highest BCUT2D eigenvalue weighted by molar-refractivity contribution is 5.68. The van der Waals surface area contributed by atoms with Crippen LogP contribution in [0.25, 0.3) is 28.2 Å². The van der Waals surface area contributed by atoms with E-state index < -0.39 is 0 Å². The summed E-state index contributed by atoms with van der Waals surface area (Å²) in [5.74, 6) is 0.981. The van der Waals surface area contributed by atoms with Crippen LogP contribution in [-0.4, -0.2) is 28.8 Å². The number of methoxy groups -OCH3 is 2. The number of fused-ring (bicyclic) bond motifs is 1. The van der Waals surface area contributed by atoms with Gasteiger partial charge in [0.25, 0.3) is 0 Å². The molecule has 0 atom stereocenters. The van der Waals surface area contributed by atoms with Gasteiger partial charge in [-0.1, -0.05) is 12.1 Å². The molecule has 0 fully saturated rings. The third kappa shape index (κ3) is 2.75. The topological polar surface area (TPSA) is 48.7 Å². The number of rotatable bonds is 4. The molecule has 0 aliphatic carbocycles. The van der Waals surface area contributed by atoms with Crippen molar-refractivity contribution in [2.24, 2.45) is 0 Å². The molecule has 0 aliphatic heterocycles. The van der Waals surface area contributed by atoms with E-state index in [2.05, 4.69) is 10.1 Å². The average molecular weight is 349 g/mol. The van der Waals surface area contributed by atoms with Gasteiger partial charge in [0, 0.05) is 11.1 Å². The van der Waals surface area contributed by atoms with Gasteiger partial charge in [-0.2, -0.15) is 5.10 Å². The van der Waals surface area contributed by atoms with Crippen LogP contribution < -0.4 is 9.47 Å². The predicted octanol–water partition coefficient (Wildman–Crippen LogP) is 4.22. The first kappa shape index (κ1) is 16.1. The van der Waals surface area contributed by atoms with Crippen molar-refractivity contribution in [3.8, 4) is 34.0 Å². The fraction of sp³-hybridized carbons (Fsp3) is 0.100. The molecule has 4 aromatic rings. The molecule has 0 radical (unpaired) electrons. The van der Waals surface area contributed by atoms with Gasteiger partial charge in [0.2, 0.25) is 0 Å². The molecule has 0 N–H and O–H groups in total. The largest absolute Gasteiger partial charge is 0.493 e. The first-order valence-corrected chi connectivity index (χ1v) is 8.03. The van der Waals surface area contributed by atoms with E-state index in [4.69, 9.17) is 9.47 Å². The quantitative estimate of drug-likeness (QED) is 0.553. The van der Waals surface area contributed by atoms with Crippen molar-refractivity contribution >= 4 is 5.65 Å². The van der Waals surface area contributed by atoms with E-state index in [1.807, 2.05) is 36.4 Å². The second-order valence-electron chi connectivity index (χ2n) is 5.71. The Morgan fingerprint density at radius 2 is 1.73 bits per heavy atom. The van der Waals surface area contributed by atoms with Gasteiger partial charge in [-0.3, -0.25) is 0 Å². The highest BCUT2D eigenvalue weighted by Gasteiger charge is 2.12. The maximum absolute atomic E-state index is 13.5. The Bertz CT molecular complexity index is 1090. The Kier molecular flexibility index (Phi) is 4.01. The van der Waals surface area contributed by atoms with Crippen LogP contribution >= 0.6 is 0 Å². The van der Waals surface area contributed by atoms with Crippen molar-refractivity contribution in [3.05, 3.63) is 66.6 Å². The Labute approximate surface area is 149 Å². The highest BCUT2D eigenvalue weighted by atomic mass is 19.1. The van der Waals surface area contributed by atoms with E-state index in [-0.39, 0.29) is 5.82 Å². The van der Waals surface area contributed by atoms with Crippen LogP contribution in [0.1, 0.15) is 0 Å². The van der Waals surface area contributed by atoms with Crippen LogP contribution in [0.5, 0.6) is 11.5 Å². The van der Waals surface area contributed by atoms with E-state index >= 15 is 0 Å². The number of imidazole rings is 1. The van der Waals surface area contributed by atoms with Crippen LogP contribution in [0.4, 0.5) is 4.39 Å². The number of aromatic nitrogens is 3. The van der Waals surface area contributed by atoms with Gasteiger partial charge >= 0.3 is 0 Å². The number of halogens is 1. The van der Waals surface area contributed by atoms with Crippen molar-refractivity contribution in [3.63, 3.8) is 0 Å². The maximum Gasteiger partial charge on any atom is 0.161 e. The van der Waals surface area contributed by atoms with Crippen molar-refractivity contribution in [1.29, 1.82) is 0 Å². The lowest BCUT2D eigenvalue weighted by Gasteiger charge is -2.09. The predicted molar refractivity (Wildman–Crippen MR) is 96.9 cm³/mol. The Morgan fingerprint density at radius 3 is 2.50 bits per heavy atom. The van der Waals surface area contributed by atoms with Gasteiger partial charge < -0.3 is 9.47 Å². The zero-order chi connectivity index (χ0) is 18.1. The highest BCUT2D eigenvalue weighted by Crippen LogP contribution is 2.32. The molecule has 26 heavy (non-hydrogen) atoms. The molecule has 6 heteroatoms. The average Bonchev–Trinajstić information content (AvgIpc) is 3.10. The Balaban J connectivity index is 1.85. The van der Waals surface area contributed by atoms with E-state index in [0.717, 1.165) is 11.3 Å². The second kappa shape index (κ2) is 6.48. The lowest BCUT2D eigenvalue weighted by molar-refractivity contribution is 0.355. The SMILES string of the molecule is COc1ccc(-c2cnc3ccc(-c4cccc(F)c4)nn23)cc1OC. The molecule has 4 rings (SSSR count). The summed E-state index contributed by atoms with van der Waals surface area (Å²) >= 11 is 0. The number of hydrogen-bond acceptors (Lipinski definition) is 4. The van der Waals surface area contributed by atoms with Crippen LogP contribution in [-0.2, 0) is 0 Å². The summed E-state index contributed by atoms with van der Waals surface area (Å²) in [6.07, 6.45) is 1.75. The van der Waals surface area contributed by atoms with Crippen molar-refractivity contribution in [2.45, 2.75) is 0 Å². The molecular weight excluding hydrogens is 333 g/mol. The van der Waals surface area contributed by atoms with Crippen molar-refractivity contribution in [2.75, 3.05) is 14.2 Å². The van der Waals surface area contributed by atoms with E-state index in [9.17, 15) is 4.39 Å². The van der Waals surface area contributed by atoms with Gasteiger partial charge in [0.1, 0.15) is 5.82 Å². The summed E-state index contributed by atoms with van der Waals surface area (Å²) < 4.78 is 25.9. The molecule has 2 aromatic carbocycles. The zero-order valence-electron chi connectivity index (χ0n) is 14.3. The fourth-order valence-corrected chi connectivity index (χ4v) is 2.87. The standard InChI is InChI=1S/C20H16FN3O2/c1-25-18-8-6-14(11-19(18)26-2)17-12-22-20-9-7-16(23-24(17)20)13-4-3-5-15(21)10-13/h3-12H,1-2H3. The summed E-state index contributed by atoms with van der Waals surface area (Å²) in [5.41, 5.74) is 3.77. The third-order valence-electron chi connectivity index (χ3n) is 4.16. The smallest absolute Gasteiger partial charge is 0.161 e. The molecule has 0 amide bonds. The lowest BCUT2D eigenvalue weighted by Crippen LogP contribution is -1.97. The summed E-state index contributed by atoms with van der Waals surface area (Å²) in [5, 5.41) is 4.64. The summed E-state index contributed by atoms with van der Waals surface area (Å²) in [4.78, 5) is 4.40. The second-order valence-corrected chi connectivity index (χ2v) is 5.71. The van der Waals surface area contributed by atoms with Gasteiger partial charge in [-0.05, 0) is 42.5 Å². The van der Waals surface area contributed by atoms with Gasteiger partial charge in [0.05, 0.1) is 31.8 Å². The molecule has 2 heterocycles. The summed E-state index contributed by atoms with van der Waals surface area (Å²) in [6.45, 7) is 0. The van der Waals surface area contributed by atoms with E-state index in [1.54, 1.807) is 31.0 Å². The summed E-state index contributed by atoms with van der Waals surface area (Å²) in [6, 6.07) is 15.7. The number of nitrogens with zero attached hydrogens (tertiary/aromatic N) is 3. The first-order valence-electron chi connectivity index (χ1n) is 8.03. The minimum atomic E-state index is -0.296. The minimum absolute atomic E-state index is 0.296. The third-order valence-corrected chi connectivity index (χ3v) is 4.16. The maximum atomic E-state index is 13.5. The first-order chi connectivity index (χ1) is 12.7. The number of benzene rings is 2. The van der Waals surface area contributed by atoms with Crippen LogP contribution in [0, 0.1) is 5.82 Å². The van der Waals surface area contributed by atoms with Crippen LogP contribution in [0.15, 0.2) is 60.8 Å². The minimum Gasteiger partial charge on any atom is -0.493 e. The molecule has 0 saturated heterocycles. The molecular formula is C20H16FN3O2. The Hall–Kier alpha value is -3.41. The van der Waals surface area contributed by atoms with Crippen molar-refractivity contribution in [1.82, 2.24) is 14.6 Å². The van der Waals surface area contributed by atoms with Gasteiger partial charge in [-0.15, -0.1) is 0 Å². The summed E-state index contributed by atoms with van der Waals surface area (Å²) in [7, 11) is 3.19. The normalized spacial score (nSPS) is 10.9. The molecule has 0 unspecified atom stereocenters. The molecule has 5 nitrogen and oxygen atoms in total. The number of ether oxygens (including phenoxy) is 2. The molecule has 0 aliphatic rings. The molecule has 0 spiro atoms. The lowest BCUT2D eigenvalue weighted by atomic mass is 10.1. The van der Waals surface area contributed by atoms with E-state index in [1.165, 1.54) is 12.1 Å². The van der Waals surface area contributed by atoms with Crippen LogP contribution in [0.3, 0.4) is 0 Å². The van der Waals surface area contributed by atoms with E-state index in [0.29, 0.717) is 28.4 Å². The fourth-order valence-electron chi connectivity index (χ4n) is 2.87. The monoisotopic (exact) mass is 349 g/mol. The van der Waals surface area contributed by atoms with Crippen molar-refractivity contribution < 1.29 is 13.9 Å². The molecule has 130 valence electrons. The van der Waals surface area contributed by atoms with Crippen LogP contribution in [0.2, 0.25) is 0 Å². The zero-order valence-corrected chi connectivity index (χ0v) is 14.3. The molecule has 0 bridgehead atoms. The van der Waals surface area contributed by atoms with Gasteiger partial charge in [0.15, 0.2) is 17.1 Å².